The Morgan fingerprint density at radius 3 is 2.58 bits per heavy atom. The van der Waals surface area contributed by atoms with Crippen LogP contribution in [0.4, 0.5) is 0 Å². The normalized spacial score (nSPS) is 10.5. The minimum absolute atomic E-state index is 0.403. The highest BCUT2D eigenvalue weighted by atomic mass is 16.5. The lowest BCUT2D eigenvalue weighted by atomic mass is 10.2. The summed E-state index contributed by atoms with van der Waals surface area (Å²) < 4.78 is 11.4. The molecule has 0 heterocycles. The predicted octanol–water partition coefficient (Wildman–Crippen LogP) is 3.00. The van der Waals surface area contributed by atoms with Gasteiger partial charge in [-0.2, -0.15) is 0 Å². The van der Waals surface area contributed by atoms with E-state index in [1.807, 2.05) is 0 Å². The first-order valence-corrected chi connectivity index (χ1v) is 6.74. The molecule has 2 N–H and O–H groups in total. The molecule has 0 fully saturated rings. The first-order chi connectivity index (χ1) is 9.04. The van der Waals surface area contributed by atoms with Gasteiger partial charge in [-0.25, -0.2) is 0 Å². The molecular weight excluding hydrogens is 242 g/mol. The zero-order chi connectivity index (χ0) is 14.3. The summed E-state index contributed by atoms with van der Waals surface area (Å²) in [7, 11) is 0. The van der Waals surface area contributed by atoms with Gasteiger partial charge < -0.3 is 15.2 Å². The van der Waals surface area contributed by atoms with E-state index in [1.54, 1.807) is 18.2 Å². The summed E-state index contributed by atoms with van der Waals surface area (Å²) in [6, 6.07) is 5.04. The number of nitrogens with two attached hydrogens (primary N) is 1. The Hall–Kier alpha value is -1.71. The van der Waals surface area contributed by atoms with E-state index in [0.717, 1.165) is 12.8 Å². The van der Waals surface area contributed by atoms with Crippen molar-refractivity contribution in [3.63, 3.8) is 0 Å². The maximum absolute atomic E-state index is 11.2. The quantitative estimate of drug-likeness (QED) is 0.735. The van der Waals surface area contributed by atoms with Crippen LogP contribution in [0.3, 0.4) is 0 Å². The maximum Gasteiger partial charge on any atom is 0.248 e. The molecule has 0 aliphatic carbocycles. The van der Waals surface area contributed by atoms with Gasteiger partial charge in [-0.3, -0.25) is 4.79 Å². The Balaban J connectivity index is 2.84. The molecule has 0 atom stereocenters. The van der Waals surface area contributed by atoms with Gasteiger partial charge in [-0.15, -0.1) is 0 Å². The van der Waals surface area contributed by atoms with Crippen LogP contribution in [0.25, 0.3) is 0 Å². The van der Waals surface area contributed by atoms with Crippen LogP contribution in [0, 0.1) is 5.92 Å². The summed E-state index contributed by atoms with van der Waals surface area (Å²) >= 11 is 0. The summed E-state index contributed by atoms with van der Waals surface area (Å²) in [5, 5.41) is 0. The second kappa shape index (κ2) is 7.67. The predicted molar refractivity (Wildman–Crippen MR) is 75.7 cm³/mol. The van der Waals surface area contributed by atoms with Gasteiger partial charge in [0.1, 0.15) is 0 Å². The third-order valence-electron chi connectivity index (χ3n) is 2.56. The average molecular weight is 265 g/mol. The Morgan fingerprint density at radius 2 is 2.00 bits per heavy atom. The van der Waals surface area contributed by atoms with Crippen molar-refractivity contribution in [3.8, 4) is 11.5 Å². The monoisotopic (exact) mass is 265 g/mol. The van der Waals surface area contributed by atoms with Crippen molar-refractivity contribution in [2.75, 3.05) is 13.2 Å². The fourth-order valence-corrected chi connectivity index (χ4v) is 1.48. The Labute approximate surface area is 114 Å². The van der Waals surface area contributed by atoms with Crippen molar-refractivity contribution in [1.82, 2.24) is 0 Å². The number of primary amides is 1. The average Bonchev–Trinajstić information content (AvgIpc) is 2.37. The Bertz CT molecular complexity index is 416. The molecule has 4 heteroatoms. The second-order valence-electron chi connectivity index (χ2n) is 4.93. The summed E-state index contributed by atoms with van der Waals surface area (Å²) in [6.07, 6.45) is 2.06. The molecule has 1 rings (SSSR count). The van der Waals surface area contributed by atoms with Crippen molar-refractivity contribution in [3.05, 3.63) is 23.8 Å². The highest BCUT2D eigenvalue weighted by Crippen LogP contribution is 2.29. The highest BCUT2D eigenvalue weighted by Gasteiger charge is 2.10. The van der Waals surface area contributed by atoms with Gasteiger partial charge >= 0.3 is 0 Å². The zero-order valence-corrected chi connectivity index (χ0v) is 11.9. The van der Waals surface area contributed by atoms with E-state index in [1.165, 1.54) is 0 Å². The lowest BCUT2D eigenvalue weighted by Crippen LogP contribution is -2.12. The van der Waals surface area contributed by atoms with Crippen LogP contribution in [0.5, 0.6) is 11.5 Å². The smallest absolute Gasteiger partial charge is 0.248 e. The standard InChI is InChI=1S/C15H23NO3/c1-4-5-8-18-13-7-6-12(15(16)17)9-14(13)19-10-11(2)3/h6-7,9,11H,4-5,8,10H2,1-3H3,(H2,16,17). The van der Waals surface area contributed by atoms with Gasteiger partial charge in [0.25, 0.3) is 0 Å². The van der Waals surface area contributed by atoms with E-state index in [-0.39, 0.29) is 0 Å². The van der Waals surface area contributed by atoms with Crippen LogP contribution < -0.4 is 15.2 Å². The SMILES string of the molecule is CCCCOc1ccc(C(N)=O)cc1OCC(C)C. The largest absolute Gasteiger partial charge is 0.490 e. The molecule has 4 nitrogen and oxygen atoms in total. The second-order valence-corrected chi connectivity index (χ2v) is 4.93. The lowest BCUT2D eigenvalue weighted by Gasteiger charge is -2.14. The van der Waals surface area contributed by atoms with Crippen molar-refractivity contribution in [2.24, 2.45) is 11.7 Å². The number of hydrogen-bond donors (Lipinski definition) is 1. The van der Waals surface area contributed by atoms with E-state index in [4.69, 9.17) is 15.2 Å². The molecule has 0 aliphatic rings. The van der Waals surface area contributed by atoms with Gasteiger partial charge in [-0.05, 0) is 30.5 Å². The van der Waals surface area contributed by atoms with E-state index in [2.05, 4.69) is 20.8 Å². The molecule has 0 aromatic heterocycles. The molecule has 0 spiro atoms. The number of amides is 1. The van der Waals surface area contributed by atoms with Crippen LogP contribution in [-0.2, 0) is 0 Å². The Morgan fingerprint density at radius 1 is 1.26 bits per heavy atom. The zero-order valence-electron chi connectivity index (χ0n) is 11.9. The van der Waals surface area contributed by atoms with Crippen LogP contribution >= 0.6 is 0 Å². The first kappa shape index (κ1) is 15.3. The third-order valence-corrected chi connectivity index (χ3v) is 2.56. The molecule has 1 amide bonds. The van der Waals surface area contributed by atoms with Crippen molar-refractivity contribution >= 4 is 5.91 Å². The van der Waals surface area contributed by atoms with Crippen LogP contribution in [-0.4, -0.2) is 19.1 Å². The van der Waals surface area contributed by atoms with E-state index < -0.39 is 5.91 Å². The van der Waals surface area contributed by atoms with Gasteiger partial charge in [0, 0.05) is 5.56 Å². The molecule has 106 valence electrons. The van der Waals surface area contributed by atoms with Gasteiger partial charge in [0.05, 0.1) is 13.2 Å². The maximum atomic E-state index is 11.2. The number of ether oxygens (including phenoxy) is 2. The molecule has 0 aliphatic heterocycles. The van der Waals surface area contributed by atoms with Crippen LogP contribution in [0.2, 0.25) is 0 Å². The number of carbonyl (C=O) groups is 1. The molecule has 0 radical (unpaired) electrons. The minimum Gasteiger partial charge on any atom is -0.490 e. The molecule has 1 aromatic rings. The van der Waals surface area contributed by atoms with Gasteiger partial charge in [-0.1, -0.05) is 27.2 Å². The molecular formula is C15H23NO3. The van der Waals surface area contributed by atoms with Crippen LogP contribution in [0.15, 0.2) is 18.2 Å². The summed E-state index contributed by atoms with van der Waals surface area (Å²) in [6.45, 7) is 7.46. The van der Waals surface area contributed by atoms with E-state index in [0.29, 0.717) is 36.2 Å². The number of carbonyl (C=O) groups excluding carboxylic acids is 1. The van der Waals surface area contributed by atoms with Crippen molar-refractivity contribution in [1.29, 1.82) is 0 Å². The lowest BCUT2D eigenvalue weighted by molar-refractivity contribution is 0.0999. The summed E-state index contributed by atoms with van der Waals surface area (Å²) in [5.41, 5.74) is 5.71. The first-order valence-electron chi connectivity index (χ1n) is 6.74. The van der Waals surface area contributed by atoms with Crippen molar-refractivity contribution < 1.29 is 14.3 Å². The fraction of sp³-hybridized carbons (Fsp3) is 0.533. The third kappa shape index (κ3) is 5.20. The van der Waals surface area contributed by atoms with Crippen LogP contribution in [0.1, 0.15) is 44.0 Å². The molecule has 1 aromatic carbocycles. The summed E-state index contributed by atoms with van der Waals surface area (Å²) in [4.78, 5) is 11.2. The van der Waals surface area contributed by atoms with E-state index in [9.17, 15) is 4.79 Å². The summed E-state index contributed by atoms with van der Waals surface area (Å²) in [5.74, 6) is 1.19. The van der Waals surface area contributed by atoms with Gasteiger partial charge in [0.2, 0.25) is 5.91 Å². The molecule has 19 heavy (non-hydrogen) atoms. The van der Waals surface area contributed by atoms with Gasteiger partial charge in [0.15, 0.2) is 11.5 Å². The number of unbranched alkanes of at least 4 members (excludes halogenated alkanes) is 1. The number of benzene rings is 1. The molecule has 0 unspecified atom stereocenters. The highest BCUT2D eigenvalue weighted by molar-refractivity contribution is 5.93. The van der Waals surface area contributed by atoms with Crippen molar-refractivity contribution in [2.45, 2.75) is 33.6 Å². The topological polar surface area (TPSA) is 61.5 Å². The number of hydrogen-bond acceptors (Lipinski definition) is 3. The fourth-order valence-electron chi connectivity index (χ4n) is 1.48. The van der Waals surface area contributed by atoms with E-state index >= 15 is 0 Å². The molecule has 0 saturated carbocycles. The molecule has 0 saturated heterocycles. The Kier molecular flexibility index (Phi) is 6.19. The minimum atomic E-state index is -0.463. The number of rotatable bonds is 8. The molecule has 0 bridgehead atoms.